The molecule has 0 aliphatic rings. The lowest BCUT2D eigenvalue weighted by molar-refractivity contribution is -0.114. The average Bonchev–Trinajstić information content (AvgIpc) is 2.87. The molecular weight excluding hydrogens is 476 g/mol. The summed E-state index contributed by atoms with van der Waals surface area (Å²) in [5, 5.41) is 0. The molecule has 0 radical (unpaired) electrons. The number of hydrogen-bond acceptors (Lipinski definition) is 2. The highest BCUT2D eigenvalue weighted by molar-refractivity contribution is 6.20. The van der Waals surface area contributed by atoms with E-state index in [2.05, 4.69) is 46.1 Å². The van der Waals surface area contributed by atoms with Crippen molar-refractivity contribution in [3.8, 4) is 0 Å². The van der Waals surface area contributed by atoms with Crippen molar-refractivity contribution in [2.75, 3.05) is 0 Å². The van der Waals surface area contributed by atoms with Crippen molar-refractivity contribution in [2.24, 2.45) is 5.73 Å². The fourth-order valence-corrected chi connectivity index (χ4v) is 5.38. The van der Waals surface area contributed by atoms with E-state index >= 15 is 0 Å². The van der Waals surface area contributed by atoms with E-state index < -0.39 is 5.91 Å². The maximum Gasteiger partial charge on any atom is 0.243 e. The zero-order valence-electron chi connectivity index (χ0n) is 26.1. The number of unbranched alkanes of at least 4 members (excludes halogenated alkanes) is 16. The first-order valence-electron chi connectivity index (χ1n) is 16.1. The summed E-state index contributed by atoms with van der Waals surface area (Å²) in [7, 11) is 0. The van der Waals surface area contributed by atoms with Crippen LogP contribution < -0.4 is 5.73 Å². The standard InChI is InChI=1S/C29H60ClN.C4H7NO/c1-6-9-11-13-15-17-19-21-23-25-27(4)31(29(30)8-3)28(5)26-24-22-20-18-16-14-12-10-7-2;1-3(2)4(5)6/h27-29H,6-26H2,1-5H3;1H2,2H3,(H2,5,6). The number of nitrogens with zero attached hydrogens (tertiary/aromatic N) is 1. The zero-order valence-corrected chi connectivity index (χ0v) is 26.9. The van der Waals surface area contributed by atoms with Crippen LogP contribution in [0.4, 0.5) is 0 Å². The van der Waals surface area contributed by atoms with E-state index in [-0.39, 0.29) is 5.50 Å². The molecule has 3 atom stereocenters. The number of alkyl halides is 1. The Morgan fingerprint density at radius 1 is 0.676 bits per heavy atom. The third-order valence-corrected chi connectivity index (χ3v) is 8.08. The lowest BCUT2D eigenvalue weighted by Gasteiger charge is -2.38. The molecule has 0 aliphatic heterocycles. The second kappa shape index (κ2) is 28.5. The topological polar surface area (TPSA) is 46.3 Å². The second-order valence-electron chi connectivity index (χ2n) is 11.4. The highest BCUT2D eigenvalue weighted by Gasteiger charge is 2.25. The van der Waals surface area contributed by atoms with Gasteiger partial charge < -0.3 is 5.73 Å². The molecule has 0 bridgehead atoms. The molecule has 0 aromatic rings. The van der Waals surface area contributed by atoms with Gasteiger partial charge in [-0.3, -0.25) is 9.69 Å². The van der Waals surface area contributed by atoms with Gasteiger partial charge in [0.1, 0.15) is 0 Å². The number of nitrogens with two attached hydrogens (primary N) is 1. The van der Waals surface area contributed by atoms with Crippen molar-refractivity contribution < 1.29 is 4.79 Å². The molecule has 0 aromatic heterocycles. The molecule has 4 heteroatoms. The summed E-state index contributed by atoms with van der Waals surface area (Å²) in [4.78, 5) is 12.5. The molecule has 3 nitrogen and oxygen atoms in total. The van der Waals surface area contributed by atoms with E-state index in [0.29, 0.717) is 17.7 Å². The number of halogens is 1. The third-order valence-electron chi connectivity index (χ3n) is 7.55. The Morgan fingerprint density at radius 2 is 0.946 bits per heavy atom. The van der Waals surface area contributed by atoms with Crippen LogP contribution in [0.25, 0.3) is 0 Å². The minimum Gasteiger partial charge on any atom is -0.366 e. The van der Waals surface area contributed by atoms with Crippen LogP contribution in [0.3, 0.4) is 0 Å². The number of amides is 1. The number of hydrogen-bond donors (Lipinski definition) is 1. The Kier molecular flexibility index (Phi) is 29.7. The number of primary amides is 1. The smallest absolute Gasteiger partial charge is 0.243 e. The van der Waals surface area contributed by atoms with Crippen LogP contribution >= 0.6 is 11.6 Å². The fraction of sp³-hybridized carbons (Fsp3) is 0.909. The van der Waals surface area contributed by atoms with Crippen LogP contribution in [0, 0.1) is 0 Å². The van der Waals surface area contributed by atoms with Gasteiger partial charge in [-0.25, -0.2) is 0 Å². The van der Waals surface area contributed by atoms with Gasteiger partial charge >= 0.3 is 0 Å². The molecule has 222 valence electrons. The van der Waals surface area contributed by atoms with E-state index in [9.17, 15) is 4.79 Å². The predicted octanol–water partition coefficient (Wildman–Crippen LogP) is 10.9. The van der Waals surface area contributed by atoms with Crippen molar-refractivity contribution in [3.05, 3.63) is 12.2 Å². The van der Waals surface area contributed by atoms with E-state index in [0.717, 1.165) is 6.42 Å². The first kappa shape index (κ1) is 38.6. The van der Waals surface area contributed by atoms with Crippen LogP contribution in [0.2, 0.25) is 0 Å². The van der Waals surface area contributed by atoms with Gasteiger partial charge in [-0.05, 0) is 40.0 Å². The zero-order chi connectivity index (χ0) is 28.3. The molecule has 0 spiro atoms. The van der Waals surface area contributed by atoms with Gasteiger partial charge in [0, 0.05) is 17.7 Å². The third kappa shape index (κ3) is 25.5. The lowest BCUT2D eigenvalue weighted by Crippen LogP contribution is -2.44. The van der Waals surface area contributed by atoms with E-state index in [1.807, 2.05) is 0 Å². The quantitative estimate of drug-likeness (QED) is 0.0539. The summed E-state index contributed by atoms with van der Waals surface area (Å²) >= 11 is 6.79. The van der Waals surface area contributed by atoms with Gasteiger partial charge in [-0.2, -0.15) is 0 Å². The molecule has 0 aromatic carbocycles. The van der Waals surface area contributed by atoms with Crippen molar-refractivity contribution in [3.63, 3.8) is 0 Å². The minimum atomic E-state index is -0.435. The molecule has 0 saturated carbocycles. The van der Waals surface area contributed by atoms with Gasteiger partial charge in [0.15, 0.2) is 0 Å². The van der Waals surface area contributed by atoms with Gasteiger partial charge in [0.2, 0.25) is 5.91 Å². The van der Waals surface area contributed by atoms with E-state index in [4.69, 9.17) is 17.3 Å². The molecule has 0 heterocycles. The van der Waals surface area contributed by atoms with Crippen LogP contribution in [-0.2, 0) is 4.79 Å². The Bertz CT molecular complexity index is 471. The summed E-state index contributed by atoms with van der Waals surface area (Å²) in [5.41, 5.74) is 5.29. The Labute approximate surface area is 238 Å². The highest BCUT2D eigenvalue weighted by Crippen LogP contribution is 2.24. The van der Waals surface area contributed by atoms with Gasteiger partial charge in [0.25, 0.3) is 0 Å². The average molecular weight is 543 g/mol. The molecule has 3 unspecified atom stereocenters. The molecule has 0 rings (SSSR count). The van der Waals surface area contributed by atoms with E-state index in [1.54, 1.807) is 6.92 Å². The summed E-state index contributed by atoms with van der Waals surface area (Å²) in [5.74, 6) is -0.435. The molecular formula is C33H67ClN2O. The minimum absolute atomic E-state index is 0.196. The predicted molar refractivity (Wildman–Crippen MR) is 168 cm³/mol. The molecule has 37 heavy (non-hydrogen) atoms. The highest BCUT2D eigenvalue weighted by atomic mass is 35.5. The first-order valence-corrected chi connectivity index (χ1v) is 16.5. The summed E-state index contributed by atoms with van der Waals surface area (Å²) in [6, 6.07) is 1.22. The van der Waals surface area contributed by atoms with E-state index in [1.165, 1.54) is 128 Å². The van der Waals surface area contributed by atoms with Gasteiger partial charge in [-0.15, -0.1) is 11.6 Å². The monoisotopic (exact) mass is 542 g/mol. The summed E-state index contributed by atoms with van der Waals surface area (Å²) in [6.07, 6.45) is 29.1. The molecule has 0 fully saturated rings. The number of rotatable bonds is 25. The maximum absolute atomic E-state index is 9.82. The number of carbonyl (C=O) groups excluding carboxylic acids is 1. The van der Waals surface area contributed by atoms with Crippen LogP contribution in [-0.4, -0.2) is 28.4 Å². The van der Waals surface area contributed by atoms with Crippen molar-refractivity contribution in [1.29, 1.82) is 0 Å². The second-order valence-corrected chi connectivity index (χ2v) is 11.9. The fourth-order valence-electron chi connectivity index (χ4n) is 5.00. The largest absolute Gasteiger partial charge is 0.366 e. The van der Waals surface area contributed by atoms with Crippen molar-refractivity contribution in [2.45, 2.75) is 194 Å². The Morgan fingerprint density at radius 3 is 1.19 bits per heavy atom. The van der Waals surface area contributed by atoms with Crippen molar-refractivity contribution in [1.82, 2.24) is 4.90 Å². The Hall–Kier alpha value is -0.540. The SMILES string of the molecule is C=C(C)C(N)=O.CCCCCCCCCCCC(C)N(C(C)CCCCCCCCCCC)C(Cl)CC. The number of carbonyl (C=O) groups is 1. The molecule has 0 aliphatic carbocycles. The lowest BCUT2D eigenvalue weighted by atomic mass is 10.0. The first-order chi connectivity index (χ1) is 17.7. The normalized spacial score (nSPS) is 13.6. The van der Waals surface area contributed by atoms with Crippen LogP contribution in [0.5, 0.6) is 0 Å². The van der Waals surface area contributed by atoms with Crippen LogP contribution in [0.15, 0.2) is 12.2 Å². The van der Waals surface area contributed by atoms with Crippen molar-refractivity contribution >= 4 is 17.5 Å². The molecule has 2 N–H and O–H groups in total. The Balaban J connectivity index is 0. The van der Waals surface area contributed by atoms with Gasteiger partial charge in [0.05, 0.1) is 5.50 Å². The summed E-state index contributed by atoms with van der Waals surface area (Å²) in [6.45, 7) is 16.5. The molecule has 1 amide bonds. The molecule has 0 saturated heterocycles. The maximum atomic E-state index is 9.82. The van der Waals surface area contributed by atoms with Crippen LogP contribution in [0.1, 0.15) is 176 Å². The van der Waals surface area contributed by atoms with Gasteiger partial charge in [-0.1, -0.05) is 143 Å². The summed E-state index contributed by atoms with van der Waals surface area (Å²) < 4.78 is 0.